The second-order valence-corrected chi connectivity index (χ2v) is 7.54. The van der Waals surface area contributed by atoms with E-state index < -0.39 is 0 Å². The lowest BCUT2D eigenvalue weighted by atomic mass is 9.97. The molecule has 134 valence electrons. The maximum Gasteiger partial charge on any atom is 0.259 e. The van der Waals surface area contributed by atoms with Crippen molar-refractivity contribution >= 4 is 33.1 Å². The Hall–Kier alpha value is -2.54. The van der Waals surface area contributed by atoms with Crippen LogP contribution in [0.3, 0.4) is 0 Å². The molecule has 0 radical (unpaired) electrons. The monoisotopic (exact) mass is 371 g/mol. The highest BCUT2D eigenvalue weighted by atomic mass is 32.1. The number of carbonyl (C=O) groups excluding carboxylic acids is 1. The molecule has 26 heavy (non-hydrogen) atoms. The third kappa shape index (κ3) is 3.39. The number of anilines is 1. The highest BCUT2D eigenvalue weighted by Gasteiger charge is 2.19. The molecule has 7 heteroatoms. The summed E-state index contributed by atoms with van der Waals surface area (Å²) in [5.41, 5.74) is 1.59. The number of amides is 1. The van der Waals surface area contributed by atoms with Gasteiger partial charge in [-0.2, -0.15) is 0 Å². The number of carbonyl (C=O) groups is 1. The quantitative estimate of drug-likeness (QED) is 0.736. The second kappa shape index (κ2) is 6.99. The van der Waals surface area contributed by atoms with Crippen molar-refractivity contribution in [2.45, 2.75) is 38.5 Å². The average Bonchev–Trinajstić information content (AvgIpc) is 3.01. The molecule has 0 saturated heterocycles. The molecule has 0 saturated carbocycles. The summed E-state index contributed by atoms with van der Waals surface area (Å²) < 4.78 is 12.9. The zero-order chi connectivity index (χ0) is 18.1. The van der Waals surface area contributed by atoms with E-state index in [4.69, 9.17) is 0 Å². The number of aromatic nitrogens is 2. The molecule has 1 amide bonds. The summed E-state index contributed by atoms with van der Waals surface area (Å²) in [4.78, 5) is 34.0. The first-order valence-electron chi connectivity index (χ1n) is 8.69. The van der Waals surface area contributed by atoms with Gasteiger partial charge in [-0.15, -0.1) is 11.3 Å². The molecular weight excluding hydrogens is 353 g/mol. The van der Waals surface area contributed by atoms with Crippen LogP contribution in [0.5, 0.6) is 0 Å². The molecule has 0 unspecified atom stereocenters. The molecule has 1 aromatic carbocycles. The maximum atomic E-state index is 12.9. The Balaban J connectivity index is 1.48. The average molecular weight is 371 g/mol. The number of fused-ring (bicyclic) bond motifs is 3. The van der Waals surface area contributed by atoms with E-state index in [1.54, 1.807) is 11.3 Å². The Kier molecular flexibility index (Phi) is 4.55. The van der Waals surface area contributed by atoms with Gasteiger partial charge >= 0.3 is 0 Å². The number of thiophene rings is 1. The summed E-state index contributed by atoms with van der Waals surface area (Å²) in [5, 5.41) is 3.43. The number of halogens is 1. The summed E-state index contributed by atoms with van der Waals surface area (Å²) in [6, 6.07) is 5.60. The first kappa shape index (κ1) is 16.9. The van der Waals surface area contributed by atoms with Crippen LogP contribution in [-0.2, 0) is 24.1 Å². The molecule has 1 aliphatic rings. The SMILES string of the molecule is O=C(CCc1nc2sc3c(c2c(=O)[nH]1)CCCC3)Nc1ccc(F)cc1. The Morgan fingerprint density at radius 1 is 1.23 bits per heavy atom. The number of rotatable bonds is 4. The topological polar surface area (TPSA) is 74.8 Å². The number of hydrogen-bond donors (Lipinski definition) is 2. The van der Waals surface area contributed by atoms with Gasteiger partial charge in [0.25, 0.3) is 5.56 Å². The van der Waals surface area contributed by atoms with Crippen LogP contribution < -0.4 is 10.9 Å². The van der Waals surface area contributed by atoms with Gasteiger partial charge in [-0.25, -0.2) is 9.37 Å². The lowest BCUT2D eigenvalue weighted by molar-refractivity contribution is -0.116. The summed E-state index contributed by atoms with van der Waals surface area (Å²) in [7, 11) is 0. The number of benzene rings is 1. The highest BCUT2D eigenvalue weighted by molar-refractivity contribution is 7.18. The molecule has 0 aliphatic heterocycles. The smallest absolute Gasteiger partial charge is 0.259 e. The van der Waals surface area contributed by atoms with E-state index in [2.05, 4.69) is 15.3 Å². The molecule has 2 N–H and O–H groups in total. The predicted octanol–water partition coefficient (Wildman–Crippen LogP) is 3.57. The number of hydrogen-bond acceptors (Lipinski definition) is 4. The van der Waals surface area contributed by atoms with Crippen molar-refractivity contribution < 1.29 is 9.18 Å². The van der Waals surface area contributed by atoms with Crippen LogP contribution in [0.2, 0.25) is 0 Å². The molecule has 0 spiro atoms. The Labute approximate surface area is 153 Å². The first-order chi connectivity index (χ1) is 12.6. The Morgan fingerprint density at radius 2 is 2.00 bits per heavy atom. The number of aryl methyl sites for hydroxylation is 3. The minimum absolute atomic E-state index is 0.108. The van der Waals surface area contributed by atoms with Crippen LogP contribution >= 0.6 is 11.3 Å². The predicted molar refractivity (Wildman–Crippen MR) is 100 cm³/mol. The van der Waals surface area contributed by atoms with Crippen LogP contribution in [0.15, 0.2) is 29.1 Å². The van der Waals surface area contributed by atoms with Crippen molar-refractivity contribution in [2.24, 2.45) is 0 Å². The normalized spacial score (nSPS) is 13.6. The Morgan fingerprint density at radius 3 is 2.81 bits per heavy atom. The van der Waals surface area contributed by atoms with Gasteiger partial charge in [0.1, 0.15) is 16.5 Å². The molecule has 4 rings (SSSR count). The van der Waals surface area contributed by atoms with E-state index in [0.717, 1.165) is 41.5 Å². The zero-order valence-electron chi connectivity index (χ0n) is 14.1. The fraction of sp³-hybridized carbons (Fsp3) is 0.316. The number of nitrogens with zero attached hydrogens (tertiary/aromatic N) is 1. The molecule has 0 bridgehead atoms. The van der Waals surface area contributed by atoms with Gasteiger partial charge in [0, 0.05) is 23.4 Å². The number of H-pyrrole nitrogens is 1. The lowest BCUT2D eigenvalue weighted by Gasteiger charge is -2.09. The fourth-order valence-corrected chi connectivity index (χ4v) is 4.60. The standard InChI is InChI=1S/C19H18FN3O2S/c20-11-5-7-12(8-6-11)21-16(24)10-9-15-22-18(25)17-13-3-1-2-4-14(13)26-19(17)23-15/h5-8H,1-4,9-10H2,(H,21,24)(H,22,23,25). The maximum absolute atomic E-state index is 12.9. The molecule has 2 heterocycles. The molecular formula is C19H18FN3O2S. The summed E-state index contributed by atoms with van der Waals surface area (Å²) in [5.74, 6) is -0.0306. The van der Waals surface area contributed by atoms with Crippen LogP contribution in [-0.4, -0.2) is 15.9 Å². The van der Waals surface area contributed by atoms with Gasteiger partial charge < -0.3 is 10.3 Å². The molecule has 2 aromatic heterocycles. The van der Waals surface area contributed by atoms with E-state index in [0.29, 0.717) is 17.9 Å². The minimum Gasteiger partial charge on any atom is -0.326 e. The molecule has 1 aliphatic carbocycles. The third-order valence-corrected chi connectivity index (χ3v) is 5.78. The van der Waals surface area contributed by atoms with Crippen LogP contribution in [0.25, 0.3) is 10.2 Å². The Bertz CT molecular complexity index is 1020. The van der Waals surface area contributed by atoms with E-state index in [1.165, 1.54) is 29.1 Å². The van der Waals surface area contributed by atoms with Crippen LogP contribution in [0, 0.1) is 5.82 Å². The third-order valence-electron chi connectivity index (χ3n) is 4.59. The molecule has 5 nitrogen and oxygen atoms in total. The zero-order valence-corrected chi connectivity index (χ0v) is 14.9. The van der Waals surface area contributed by atoms with Crippen molar-refractivity contribution in [3.63, 3.8) is 0 Å². The van der Waals surface area contributed by atoms with Gasteiger partial charge in [0.05, 0.1) is 5.39 Å². The summed E-state index contributed by atoms with van der Waals surface area (Å²) >= 11 is 1.60. The second-order valence-electron chi connectivity index (χ2n) is 6.46. The van der Waals surface area contributed by atoms with Crippen molar-refractivity contribution in [3.05, 3.63) is 56.7 Å². The number of nitrogens with one attached hydrogen (secondary N) is 2. The van der Waals surface area contributed by atoms with Crippen molar-refractivity contribution in [1.29, 1.82) is 0 Å². The van der Waals surface area contributed by atoms with Gasteiger partial charge in [-0.1, -0.05) is 0 Å². The van der Waals surface area contributed by atoms with E-state index in [-0.39, 0.29) is 23.7 Å². The van der Waals surface area contributed by atoms with Crippen molar-refractivity contribution in [3.8, 4) is 0 Å². The van der Waals surface area contributed by atoms with Crippen molar-refractivity contribution in [2.75, 3.05) is 5.32 Å². The van der Waals surface area contributed by atoms with Crippen LogP contribution in [0.1, 0.15) is 35.5 Å². The summed E-state index contributed by atoms with van der Waals surface area (Å²) in [6.45, 7) is 0. The lowest BCUT2D eigenvalue weighted by Crippen LogP contribution is -2.16. The first-order valence-corrected chi connectivity index (χ1v) is 9.50. The van der Waals surface area contributed by atoms with Crippen molar-refractivity contribution in [1.82, 2.24) is 9.97 Å². The van der Waals surface area contributed by atoms with Crippen LogP contribution in [0.4, 0.5) is 10.1 Å². The minimum atomic E-state index is -0.350. The largest absolute Gasteiger partial charge is 0.326 e. The highest BCUT2D eigenvalue weighted by Crippen LogP contribution is 2.33. The molecule has 0 fully saturated rings. The molecule has 0 atom stereocenters. The fourth-order valence-electron chi connectivity index (χ4n) is 3.32. The van der Waals surface area contributed by atoms with E-state index >= 15 is 0 Å². The van der Waals surface area contributed by atoms with E-state index in [9.17, 15) is 14.0 Å². The molecule has 3 aromatic rings. The van der Waals surface area contributed by atoms with E-state index in [1.807, 2.05) is 0 Å². The van der Waals surface area contributed by atoms with Gasteiger partial charge in [-0.3, -0.25) is 9.59 Å². The summed E-state index contributed by atoms with van der Waals surface area (Å²) in [6.07, 6.45) is 4.78. The van der Waals surface area contributed by atoms with Gasteiger partial charge in [0.2, 0.25) is 5.91 Å². The van der Waals surface area contributed by atoms with Gasteiger partial charge in [-0.05, 0) is 55.5 Å². The van der Waals surface area contributed by atoms with Gasteiger partial charge in [0.15, 0.2) is 0 Å². The number of aromatic amines is 1.